The molecule has 1 fully saturated rings. The maximum atomic E-state index is 11.8. The zero-order valence-corrected chi connectivity index (χ0v) is 11.8. The van der Waals surface area contributed by atoms with Gasteiger partial charge in [0.05, 0.1) is 11.6 Å². The third kappa shape index (κ3) is 4.36. The summed E-state index contributed by atoms with van der Waals surface area (Å²) < 4.78 is 0. The van der Waals surface area contributed by atoms with Crippen LogP contribution in [0.15, 0.2) is 24.3 Å². The smallest absolute Gasteiger partial charge is 0.222 e. The molecule has 4 heteroatoms. The molecule has 1 heterocycles. The van der Waals surface area contributed by atoms with Gasteiger partial charge in [-0.15, -0.1) is 0 Å². The van der Waals surface area contributed by atoms with Crippen LogP contribution in [0.1, 0.15) is 36.8 Å². The van der Waals surface area contributed by atoms with Crippen molar-refractivity contribution in [3.05, 3.63) is 35.4 Å². The molecule has 1 aromatic rings. The molecule has 1 N–H and O–H groups in total. The first-order valence-corrected chi connectivity index (χ1v) is 7.27. The van der Waals surface area contributed by atoms with Gasteiger partial charge in [0.15, 0.2) is 0 Å². The summed E-state index contributed by atoms with van der Waals surface area (Å²) in [5, 5.41) is 12.2. The zero-order valence-electron chi connectivity index (χ0n) is 11.8. The lowest BCUT2D eigenvalue weighted by Crippen LogP contribution is -2.36. The molecule has 106 valence electrons. The number of carbonyl (C=O) groups is 1. The first-order chi connectivity index (χ1) is 9.79. The Morgan fingerprint density at radius 3 is 3.05 bits per heavy atom. The predicted molar refractivity (Wildman–Crippen MR) is 77.9 cm³/mol. The minimum Gasteiger partial charge on any atom is -0.341 e. The van der Waals surface area contributed by atoms with Crippen molar-refractivity contribution >= 4 is 5.91 Å². The van der Waals surface area contributed by atoms with E-state index >= 15 is 0 Å². The largest absolute Gasteiger partial charge is 0.341 e. The van der Waals surface area contributed by atoms with E-state index in [0.717, 1.165) is 51.0 Å². The van der Waals surface area contributed by atoms with Gasteiger partial charge in [0.25, 0.3) is 0 Å². The van der Waals surface area contributed by atoms with Gasteiger partial charge in [-0.05, 0) is 30.5 Å². The lowest BCUT2D eigenvalue weighted by atomic mass is 10.1. The quantitative estimate of drug-likeness (QED) is 0.834. The van der Waals surface area contributed by atoms with E-state index in [-0.39, 0.29) is 5.91 Å². The number of hydrogen-bond acceptors (Lipinski definition) is 3. The fraction of sp³-hybridized carbons (Fsp3) is 0.500. The van der Waals surface area contributed by atoms with E-state index in [1.54, 1.807) is 6.07 Å². The van der Waals surface area contributed by atoms with Crippen LogP contribution in [-0.2, 0) is 11.3 Å². The second kappa shape index (κ2) is 7.66. The van der Waals surface area contributed by atoms with E-state index in [9.17, 15) is 4.79 Å². The summed E-state index contributed by atoms with van der Waals surface area (Å²) in [6, 6.07) is 9.74. The van der Waals surface area contributed by atoms with Crippen molar-refractivity contribution in [3.8, 4) is 6.07 Å². The van der Waals surface area contributed by atoms with Crippen LogP contribution >= 0.6 is 0 Å². The number of nitriles is 1. The van der Waals surface area contributed by atoms with E-state index in [4.69, 9.17) is 5.26 Å². The molecule has 1 aromatic carbocycles. The number of carbonyl (C=O) groups excluding carboxylic acids is 1. The fourth-order valence-electron chi connectivity index (χ4n) is 2.47. The number of benzene rings is 1. The molecule has 4 nitrogen and oxygen atoms in total. The summed E-state index contributed by atoms with van der Waals surface area (Å²) in [4.78, 5) is 13.8. The van der Waals surface area contributed by atoms with Crippen LogP contribution in [0.25, 0.3) is 0 Å². The Hall–Kier alpha value is -1.86. The number of likely N-dealkylation sites (tertiary alicyclic amines) is 1. The molecule has 0 radical (unpaired) electrons. The Bertz CT molecular complexity index is 493. The molecule has 0 atom stereocenters. The first-order valence-electron chi connectivity index (χ1n) is 7.27. The summed E-state index contributed by atoms with van der Waals surface area (Å²) in [7, 11) is 0. The highest BCUT2D eigenvalue weighted by molar-refractivity contribution is 5.76. The molecule has 0 spiro atoms. The van der Waals surface area contributed by atoms with Crippen molar-refractivity contribution in [2.45, 2.75) is 32.2 Å². The molecule has 0 aliphatic carbocycles. The van der Waals surface area contributed by atoms with Gasteiger partial charge in [0.1, 0.15) is 0 Å². The number of nitrogens with one attached hydrogen (secondary N) is 1. The Labute approximate surface area is 120 Å². The standard InChI is InChI=1S/C16H21N3O/c17-12-14-5-4-6-15(11-14)13-18-8-10-19-9-3-1-2-7-16(19)20/h4-6,11,18H,1-3,7-10,13H2. The maximum absolute atomic E-state index is 11.8. The molecule has 0 unspecified atom stereocenters. The molecule has 0 aromatic heterocycles. The minimum atomic E-state index is 0.288. The highest BCUT2D eigenvalue weighted by Gasteiger charge is 2.15. The Kier molecular flexibility index (Phi) is 5.57. The van der Waals surface area contributed by atoms with E-state index < -0.39 is 0 Å². The van der Waals surface area contributed by atoms with Crippen LogP contribution in [0.4, 0.5) is 0 Å². The summed E-state index contributed by atoms with van der Waals surface area (Å²) in [6.45, 7) is 3.20. The Morgan fingerprint density at radius 1 is 1.30 bits per heavy atom. The molecule has 1 aliphatic heterocycles. The number of nitrogens with zero attached hydrogens (tertiary/aromatic N) is 2. The SMILES string of the molecule is N#Cc1cccc(CNCCN2CCCCCC2=O)c1. The predicted octanol–water partition coefficient (Wildman–Crippen LogP) is 2.05. The summed E-state index contributed by atoms with van der Waals surface area (Å²) in [6.07, 6.45) is 4.01. The average Bonchev–Trinajstić information content (AvgIpc) is 2.69. The molecule has 1 aliphatic rings. The van der Waals surface area contributed by atoms with Crippen molar-refractivity contribution < 1.29 is 4.79 Å². The van der Waals surface area contributed by atoms with Crippen LogP contribution in [0.5, 0.6) is 0 Å². The minimum absolute atomic E-state index is 0.288. The van der Waals surface area contributed by atoms with Crippen molar-refractivity contribution in [1.82, 2.24) is 10.2 Å². The van der Waals surface area contributed by atoms with E-state index in [2.05, 4.69) is 11.4 Å². The molecular formula is C16H21N3O. The van der Waals surface area contributed by atoms with Gasteiger partial charge in [-0.3, -0.25) is 4.79 Å². The van der Waals surface area contributed by atoms with Crippen LogP contribution in [-0.4, -0.2) is 30.4 Å². The third-order valence-electron chi connectivity index (χ3n) is 3.62. The number of rotatable bonds is 5. The normalized spacial score (nSPS) is 15.8. The van der Waals surface area contributed by atoms with Gasteiger partial charge in [0, 0.05) is 32.6 Å². The molecule has 20 heavy (non-hydrogen) atoms. The van der Waals surface area contributed by atoms with Gasteiger partial charge in [0.2, 0.25) is 5.91 Å². The lowest BCUT2D eigenvalue weighted by molar-refractivity contribution is -0.130. The van der Waals surface area contributed by atoms with Gasteiger partial charge >= 0.3 is 0 Å². The van der Waals surface area contributed by atoms with Crippen LogP contribution < -0.4 is 5.32 Å². The first kappa shape index (κ1) is 14.5. The molecule has 1 saturated heterocycles. The van der Waals surface area contributed by atoms with Gasteiger partial charge in [-0.25, -0.2) is 0 Å². The Morgan fingerprint density at radius 2 is 2.20 bits per heavy atom. The summed E-state index contributed by atoms with van der Waals surface area (Å²) in [5.74, 6) is 0.288. The molecule has 2 rings (SSSR count). The number of amides is 1. The van der Waals surface area contributed by atoms with Crippen LogP contribution in [0.3, 0.4) is 0 Å². The summed E-state index contributed by atoms with van der Waals surface area (Å²) >= 11 is 0. The lowest BCUT2D eigenvalue weighted by Gasteiger charge is -2.20. The van der Waals surface area contributed by atoms with Gasteiger partial charge < -0.3 is 10.2 Å². The van der Waals surface area contributed by atoms with Crippen molar-refractivity contribution in [3.63, 3.8) is 0 Å². The monoisotopic (exact) mass is 271 g/mol. The third-order valence-corrected chi connectivity index (χ3v) is 3.62. The second-order valence-electron chi connectivity index (χ2n) is 5.18. The molecule has 1 amide bonds. The van der Waals surface area contributed by atoms with E-state index in [1.807, 2.05) is 23.1 Å². The van der Waals surface area contributed by atoms with Crippen molar-refractivity contribution in [1.29, 1.82) is 5.26 Å². The number of hydrogen-bond donors (Lipinski definition) is 1. The molecular weight excluding hydrogens is 250 g/mol. The highest BCUT2D eigenvalue weighted by atomic mass is 16.2. The summed E-state index contributed by atoms with van der Waals surface area (Å²) in [5.41, 5.74) is 1.79. The molecule has 0 bridgehead atoms. The highest BCUT2D eigenvalue weighted by Crippen LogP contribution is 2.10. The van der Waals surface area contributed by atoms with Crippen molar-refractivity contribution in [2.24, 2.45) is 0 Å². The molecule has 0 saturated carbocycles. The topological polar surface area (TPSA) is 56.1 Å². The average molecular weight is 271 g/mol. The Balaban J connectivity index is 1.73. The zero-order chi connectivity index (χ0) is 14.2. The van der Waals surface area contributed by atoms with Gasteiger partial charge in [-0.2, -0.15) is 5.26 Å². The van der Waals surface area contributed by atoms with Crippen LogP contribution in [0, 0.1) is 11.3 Å². The fourth-order valence-corrected chi connectivity index (χ4v) is 2.47. The maximum Gasteiger partial charge on any atom is 0.222 e. The van der Waals surface area contributed by atoms with Crippen molar-refractivity contribution in [2.75, 3.05) is 19.6 Å². The van der Waals surface area contributed by atoms with Crippen LogP contribution in [0.2, 0.25) is 0 Å². The van der Waals surface area contributed by atoms with E-state index in [1.165, 1.54) is 0 Å². The van der Waals surface area contributed by atoms with E-state index in [0.29, 0.717) is 12.0 Å². The second-order valence-corrected chi connectivity index (χ2v) is 5.18. The van der Waals surface area contributed by atoms with Gasteiger partial charge in [-0.1, -0.05) is 18.6 Å².